The quantitative estimate of drug-likeness (QED) is 0.754. The number of hydrogen-bond donors (Lipinski definition) is 0. The van der Waals surface area contributed by atoms with Crippen LogP contribution < -0.4 is 4.90 Å². The Morgan fingerprint density at radius 1 is 1.17 bits per heavy atom. The zero-order valence-corrected chi connectivity index (χ0v) is 17.4. The average Bonchev–Trinajstić information content (AvgIpc) is 3.15. The summed E-state index contributed by atoms with van der Waals surface area (Å²) in [5.41, 5.74) is 4.18. The Morgan fingerprint density at radius 2 is 1.97 bits per heavy atom. The van der Waals surface area contributed by atoms with E-state index in [-0.39, 0.29) is 16.9 Å². The number of sulfone groups is 1. The number of rotatable bonds is 3. The Hall–Kier alpha value is -2.03. The number of ether oxygens (including phenoxy) is 1. The lowest BCUT2D eigenvalue weighted by atomic mass is 10.00. The molecule has 2 saturated heterocycles. The normalized spacial score (nSPS) is 26.2. The number of nitrogens with zero attached hydrogens (tertiary/aromatic N) is 4. The fraction of sp³-hybridized carbons (Fsp3) is 0.524. The molecule has 154 valence electrons. The summed E-state index contributed by atoms with van der Waals surface area (Å²) in [5, 5.41) is -0.383. The zero-order valence-electron chi connectivity index (χ0n) is 16.6. The fourth-order valence-corrected chi connectivity index (χ4v) is 6.74. The molecule has 3 aliphatic rings. The Bertz CT molecular complexity index is 1020. The van der Waals surface area contributed by atoms with Crippen LogP contribution in [0, 0.1) is 6.92 Å². The highest BCUT2D eigenvalue weighted by molar-refractivity contribution is 7.91. The van der Waals surface area contributed by atoms with E-state index in [1.54, 1.807) is 6.20 Å². The minimum Gasteiger partial charge on any atom is -0.378 e. The van der Waals surface area contributed by atoms with E-state index < -0.39 is 9.84 Å². The van der Waals surface area contributed by atoms with Crippen molar-refractivity contribution in [3.05, 3.63) is 52.8 Å². The van der Waals surface area contributed by atoms with Gasteiger partial charge in [0.05, 0.1) is 29.9 Å². The van der Waals surface area contributed by atoms with Gasteiger partial charge in [-0.1, -0.05) is 24.3 Å². The highest BCUT2D eigenvalue weighted by Crippen LogP contribution is 2.40. The van der Waals surface area contributed by atoms with Crippen molar-refractivity contribution in [2.75, 3.05) is 44.3 Å². The summed E-state index contributed by atoms with van der Waals surface area (Å²) >= 11 is 0. The molecule has 8 heteroatoms. The molecule has 3 aliphatic heterocycles. The van der Waals surface area contributed by atoms with Gasteiger partial charge in [0.1, 0.15) is 0 Å². The van der Waals surface area contributed by atoms with Crippen LogP contribution in [0.1, 0.15) is 28.3 Å². The predicted octanol–water partition coefficient (Wildman–Crippen LogP) is 1.52. The van der Waals surface area contributed by atoms with Crippen molar-refractivity contribution in [3.8, 4) is 0 Å². The number of aromatic nitrogens is 2. The van der Waals surface area contributed by atoms with E-state index in [1.807, 2.05) is 12.1 Å². The van der Waals surface area contributed by atoms with Crippen molar-refractivity contribution in [2.24, 2.45) is 0 Å². The van der Waals surface area contributed by atoms with Crippen molar-refractivity contribution < 1.29 is 13.2 Å². The minimum atomic E-state index is -3.20. The van der Waals surface area contributed by atoms with Gasteiger partial charge in [0, 0.05) is 50.4 Å². The summed E-state index contributed by atoms with van der Waals surface area (Å²) in [5.74, 6) is 0.656. The second-order valence-corrected chi connectivity index (χ2v) is 10.5. The van der Waals surface area contributed by atoms with Crippen molar-refractivity contribution >= 4 is 15.8 Å². The molecule has 2 aromatic rings. The van der Waals surface area contributed by atoms with Crippen LogP contribution in [0.15, 0.2) is 30.5 Å². The van der Waals surface area contributed by atoms with Gasteiger partial charge in [-0.15, -0.1) is 0 Å². The predicted molar refractivity (Wildman–Crippen MR) is 111 cm³/mol. The number of benzene rings is 1. The first kappa shape index (κ1) is 19.0. The van der Waals surface area contributed by atoms with Gasteiger partial charge in [-0.05, 0) is 18.1 Å². The van der Waals surface area contributed by atoms with Gasteiger partial charge in [0.2, 0.25) is 5.95 Å². The van der Waals surface area contributed by atoms with E-state index >= 15 is 0 Å². The lowest BCUT2D eigenvalue weighted by Crippen LogP contribution is -2.39. The molecule has 0 saturated carbocycles. The highest BCUT2D eigenvalue weighted by atomic mass is 32.2. The molecule has 4 heterocycles. The monoisotopic (exact) mass is 414 g/mol. The van der Waals surface area contributed by atoms with E-state index in [2.05, 4.69) is 33.8 Å². The van der Waals surface area contributed by atoms with Crippen LogP contribution in [0.2, 0.25) is 0 Å². The van der Waals surface area contributed by atoms with Gasteiger partial charge in [0.25, 0.3) is 0 Å². The topological polar surface area (TPSA) is 75.6 Å². The SMILES string of the molecule is Cc1ccccc1CN1C[C@@H]2c3nc(N4CCOCC4)ncc3CS(=O)(=O)[C@@H]2C1. The van der Waals surface area contributed by atoms with Crippen LogP contribution in [-0.2, 0) is 26.9 Å². The maximum Gasteiger partial charge on any atom is 0.225 e. The van der Waals surface area contributed by atoms with Gasteiger partial charge < -0.3 is 9.64 Å². The van der Waals surface area contributed by atoms with E-state index in [9.17, 15) is 8.42 Å². The van der Waals surface area contributed by atoms with Gasteiger partial charge in [0.15, 0.2) is 9.84 Å². The number of anilines is 1. The first-order valence-corrected chi connectivity index (χ1v) is 11.9. The molecule has 0 unspecified atom stereocenters. The zero-order chi connectivity index (χ0) is 20.0. The summed E-state index contributed by atoms with van der Waals surface area (Å²) in [6, 6.07) is 8.30. The lowest BCUT2D eigenvalue weighted by Gasteiger charge is -2.30. The van der Waals surface area contributed by atoms with E-state index in [1.165, 1.54) is 11.1 Å². The maximum absolute atomic E-state index is 13.0. The molecule has 2 atom stereocenters. The summed E-state index contributed by atoms with van der Waals surface area (Å²) in [4.78, 5) is 13.7. The molecular weight excluding hydrogens is 388 g/mol. The molecule has 5 rings (SSSR count). The van der Waals surface area contributed by atoms with Crippen molar-refractivity contribution in [2.45, 2.75) is 30.4 Å². The van der Waals surface area contributed by atoms with Crippen LogP contribution >= 0.6 is 0 Å². The van der Waals surface area contributed by atoms with E-state index in [0.717, 1.165) is 30.9 Å². The van der Waals surface area contributed by atoms with Crippen LogP contribution in [-0.4, -0.2) is 67.9 Å². The summed E-state index contributed by atoms with van der Waals surface area (Å²) in [6.45, 7) is 7.03. The average molecular weight is 415 g/mol. The number of fused-ring (bicyclic) bond motifs is 3. The van der Waals surface area contributed by atoms with Gasteiger partial charge in [-0.2, -0.15) is 0 Å². The number of hydrogen-bond acceptors (Lipinski definition) is 7. The Labute approximate surface area is 171 Å². The summed E-state index contributed by atoms with van der Waals surface area (Å²) in [6.07, 6.45) is 1.73. The highest BCUT2D eigenvalue weighted by Gasteiger charge is 2.47. The molecule has 0 aliphatic carbocycles. The van der Waals surface area contributed by atoms with Crippen LogP contribution in [0.4, 0.5) is 5.95 Å². The van der Waals surface area contributed by atoms with Crippen molar-refractivity contribution in [3.63, 3.8) is 0 Å². The van der Waals surface area contributed by atoms with Crippen molar-refractivity contribution in [1.82, 2.24) is 14.9 Å². The molecular formula is C21H26N4O3S. The second kappa shape index (κ2) is 7.34. The fourth-order valence-electron chi connectivity index (χ4n) is 4.72. The smallest absolute Gasteiger partial charge is 0.225 e. The molecule has 0 amide bonds. The standard InChI is InChI=1S/C21H26N4O3S/c1-15-4-2-3-5-16(15)11-24-12-18-19(13-24)29(26,27)14-17-10-22-21(23-20(17)18)25-6-8-28-9-7-25/h2-5,10,18-19H,6-9,11-14H2,1H3/t18-,19+/m0/s1. The van der Waals surface area contributed by atoms with Gasteiger partial charge in [-0.3, -0.25) is 4.90 Å². The number of aryl methyl sites for hydroxylation is 1. The maximum atomic E-state index is 13.0. The molecule has 1 aromatic heterocycles. The third kappa shape index (κ3) is 3.53. The van der Waals surface area contributed by atoms with Crippen LogP contribution in [0.25, 0.3) is 0 Å². The molecule has 1 aromatic carbocycles. The number of likely N-dealkylation sites (tertiary alicyclic amines) is 1. The molecule has 7 nitrogen and oxygen atoms in total. The first-order chi connectivity index (χ1) is 14.0. The Kier molecular flexibility index (Phi) is 4.80. The third-order valence-corrected chi connectivity index (χ3v) is 8.46. The molecule has 29 heavy (non-hydrogen) atoms. The van der Waals surface area contributed by atoms with Crippen molar-refractivity contribution in [1.29, 1.82) is 0 Å². The molecule has 2 fully saturated rings. The summed E-state index contributed by atoms with van der Waals surface area (Å²) < 4.78 is 31.4. The lowest BCUT2D eigenvalue weighted by molar-refractivity contribution is 0.122. The largest absolute Gasteiger partial charge is 0.378 e. The van der Waals surface area contributed by atoms with Crippen LogP contribution in [0.5, 0.6) is 0 Å². The Balaban J connectivity index is 1.44. The van der Waals surface area contributed by atoms with Crippen LogP contribution in [0.3, 0.4) is 0 Å². The van der Waals surface area contributed by atoms with Gasteiger partial charge >= 0.3 is 0 Å². The minimum absolute atomic E-state index is 0.0467. The molecule has 0 bridgehead atoms. The molecule has 0 spiro atoms. The second-order valence-electron chi connectivity index (χ2n) is 8.25. The van der Waals surface area contributed by atoms with Gasteiger partial charge in [-0.25, -0.2) is 18.4 Å². The molecule has 0 N–H and O–H groups in total. The Morgan fingerprint density at radius 3 is 2.76 bits per heavy atom. The number of morpholine rings is 1. The molecule has 0 radical (unpaired) electrons. The van der Waals surface area contributed by atoms with E-state index in [0.29, 0.717) is 32.3 Å². The third-order valence-electron chi connectivity index (χ3n) is 6.35. The first-order valence-electron chi connectivity index (χ1n) is 10.2. The van der Waals surface area contributed by atoms with E-state index in [4.69, 9.17) is 9.72 Å². The summed E-state index contributed by atoms with van der Waals surface area (Å²) in [7, 11) is -3.20.